The molecule has 0 bridgehead atoms. The molecule has 0 unspecified atom stereocenters. The number of para-hydroxylation sites is 2. The first-order chi connectivity index (χ1) is 13.6. The molecule has 1 saturated heterocycles. The average molecular weight is 382 g/mol. The van der Waals surface area contributed by atoms with Crippen molar-refractivity contribution in [3.05, 3.63) is 54.4 Å². The van der Waals surface area contributed by atoms with Crippen molar-refractivity contribution in [1.82, 2.24) is 15.2 Å². The summed E-state index contributed by atoms with van der Waals surface area (Å²) in [7, 11) is 1.63. The van der Waals surface area contributed by atoms with Crippen molar-refractivity contribution < 1.29 is 19.1 Å². The number of rotatable bonds is 6. The molecule has 0 spiro atoms. The second-order valence-electron chi connectivity index (χ2n) is 6.29. The molecule has 1 aliphatic heterocycles. The zero-order chi connectivity index (χ0) is 19.9. The summed E-state index contributed by atoms with van der Waals surface area (Å²) in [5.41, 5.74) is 1.19. The molecule has 1 aromatic heterocycles. The van der Waals surface area contributed by atoms with Crippen molar-refractivity contribution in [2.24, 2.45) is 0 Å². The molecule has 2 amide bonds. The van der Waals surface area contributed by atoms with Gasteiger partial charge in [-0.1, -0.05) is 12.1 Å². The number of benzene rings is 1. The van der Waals surface area contributed by atoms with E-state index in [9.17, 15) is 14.4 Å². The van der Waals surface area contributed by atoms with Crippen LogP contribution in [-0.4, -0.2) is 67.3 Å². The molecule has 1 N–H and O–H groups in total. The second kappa shape index (κ2) is 8.98. The minimum atomic E-state index is -0.811. The number of ether oxygens (including phenoxy) is 1. The summed E-state index contributed by atoms with van der Waals surface area (Å²) in [5.74, 6) is -0.939. The van der Waals surface area contributed by atoms with E-state index in [4.69, 9.17) is 4.74 Å². The zero-order valence-corrected chi connectivity index (χ0v) is 15.6. The first-order valence-electron chi connectivity index (χ1n) is 8.98. The standard InChI is InChI=1S/C20H22N4O4/c1-28-17-7-3-2-6-16(17)23-9-11-24(12-10-23)18(25)14-22-20(27)19(26)15-5-4-8-21-13-15/h2-8,13H,9-12,14H2,1H3,(H,22,27). The van der Waals surface area contributed by atoms with Crippen molar-refractivity contribution >= 4 is 23.3 Å². The minimum absolute atomic E-state index is 0.192. The van der Waals surface area contributed by atoms with Gasteiger partial charge in [-0.05, 0) is 24.3 Å². The van der Waals surface area contributed by atoms with Gasteiger partial charge in [-0.2, -0.15) is 0 Å². The van der Waals surface area contributed by atoms with E-state index in [1.807, 2.05) is 24.3 Å². The number of carbonyl (C=O) groups excluding carboxylic acids is 3. The van der Waals surface area contributed by atoms with Gasteiger partial charge < -0.3 is 19.9 Å². The van der Waals surface area contributed by atoms with Crippen LogP contribution in [0, 0.1) is 0 Å². The van der Waals surface area contributed by atoms with Crippen LogP contribution in [0.5, 0.6) is 5.75 Å². The number of methoxy groups -OCH3 is 1. The highest BCUT2D eigenvalue weighted by atomic mass is 16.5. The number of nitrogens with one attached hydrogen (secondary N) is 1. The Kier molecular flexibility index (Phi) is 6.21. The number of amides is 2. The van der Waals surface area contributed by atoms with Crippen LogP contribution >= 0.6 is 0 Å². The van der Waals surface area contributed by atoms with Crippen molar-refractivity contribution in [3.63, 3.8) is 0 Å². The maximum atomic E-state index is 12.4. The smallest absolute Gasteiger partial charge is 0.292 e. The highest BCUT2D eigenvalue weighted by molar-refractivity contribution is 6.42. The predicted octanol–water partition coefficient (Wildman–Crippen LogP) is 0.738. The van der Waals surface area contributed by atoms with E-state index in [0.717, 1.165) is 11.4 Å². The molecule has 0 radical (unpaired) electrons. The number of anilines is 1. The summed E-state index contributed by atoms with van der Waals surface area (Å²) in [6.07, 6.45) is 2.84. The average Bonchev–Trinajstić information content (AvgIpc) is 2.77. The highest BCUT2D eigenvalue weighted by Gasteiger charge is 2.24. The molecule has 8 heteroatoms. The first-order valence-corrected chi connectivity index (χ1v) is 8.98. The van der Waals surface area contributed by atoms with Gasteiger partial charge in [0.2, 0.25) is 5.91 Å². The highest BCUT2D eigenvalue weighted by Crippen LogP contribution is 2.28. The molecule has 2 heterocycles. The fraction of sp³-hybridized carbons (Fsp3) is 0.300. The molecule has 8 nitrogen and oxygen atoms in total. The Bertz CT molecular complexity index is 848. The molecule has 0 saturated carbocycles. The molecule has 1 aromatic carbocycles. The Morgan fingerprint density at radius 3 is 2.50 bits per heavy atom. The van der Waals surface area contributed by atoms with Crippen molar-refractivity contribution in [2.45, 2.75) is 0 Å². The zero-order valence-electron chi connectivity index (χ0n) is 15.6. The van der Waals surface area contributed by atoms with Crippen LogP contribution in [0.15, 0.2) is 48.8 Å². The molecular formula is C20H22N4O4. The van der Waals surface area contributed by atoms with Crippen molar-refractivity contribution in [1.29, 1.82) is 0 Å². The Morgan fingerprint density at radius 2 is 1.82 bits per heavy atom. The van der Waals surface area contributed by atoms with E-state index in [-0.39, 0.29) is 18.0 Å². The number of Topliss-reactive ketones (excluding diaryl/α,β-unsaturated/α-hetero) is 1. The third-order valence-corrected chi connectivity index (χ3v) is 4.59. The number of ketones is 1. The van der Waals surface area contributed by atoms with Crippen LogP contribution in [-0.2, 0) is 9.59 Å². The summed E-state index contributed by atoms with van der Waals surface area (Å²) in [5, 5.41) is 2.40. The fourth-order valence-corrected chi connectivity index (χ4v) is 3.06. The summed E-state index contributed by atoms with van der Waals surface area (Å²) < 4.78 is 5.39. The van der Waals surface area contributed by atoms with Crippen LogP contribution in [0.4, 0.5) is 5.69 Å². The number of carbonyl (C=O) groups is 3. The summed E-state index contributed by atoms with van der Waals surface area (Å²) >= 11 is 0. The molecule has 1 aliphatic rings. The molecular weight excluding hydrogens is 360 g/mol. The number of pyridine rings is 1. The second-order valence-corrected chi connectivity index (χ2v) is 6.29. The van der Waals surface area contributed by atoms with Gasteiger partial charge in [0, 0.05) is 44.1 Å². The maximum absolute atomic E-state index is 12.4. The van der Waals surface area contributed by atoms with E-state index in [2.05, 4.69) is 15.2 Å². The van der Waals surface area contributed by atoms with Crippen LogP contribution in [0.3, 0.4) is 0 Å². The van der Waals surface area contributed by atoms with Crippen molar-refractivity contribution in [2.75, 3.05) is 44.7 Å². The number of piperazine rings is 1. The van der Waals surface area contributed by atoms with Crippen LogP contribution in [0.1, 0.15) is 10.4 Å². The molecule has 3 rings (SSSR count). The lowest BCUT2D eigenvalue weighted by molar-refractivity contribution is -0.132. The normalized spacial score (nSPS) is 13.8. The van der Waals surface area contributed by atoms with Crippen LogP contribution in [0.2, 0.25) is 0 Å². The van der Waals surface area contributed by atoms with Gasteiger partial charge >= 0.3 is 0 Å². The van der Waals surface area contributed by atoms with Gasteiger partial charge in [-0.25, -0.2) is 0 Å². The predicted molar refractivity (Wildman–Crippen MR) is 103 cm³/mol. The summed E-state index contributed by atoms with van der Waals surface area (Å²) in [6.45, 7) is 2.18. The number of nitrogens with zero attached hydrogens (tertiary/aromatic N) is 3. The van der Waals surface area contributed by atoms with E-state index < -0.39 is 11.7 Å². The Morgan fingerprint density at radius 1 is 1.07 bits per heavy atom. The quantitative estimate of drug-likeness (QED) is 0.585. The van der Waals surface area contributed by atoms with E-state index in [0.29, 0.717) is 26.2 Å². The number of aromatic nitrogens is 1. The molecule has 28 heavy (non-hydrogen) atoms. The number of hydrogen-bond acceptors (Lipinski definition) is 6. The van der Waals surface area contributed by atoms with Crippen LogP contribution < -0.4 is 15.0 Å². The van der Waals surface area contributed by atoms with Gasteiger partial charge in [0.1, 0.15) is 5.75 Å². The maximum Gasteiger partial charge on any atom is 0.292 e. The van der Waals surface area contributed by atoms with Crippen molar-refractivity contribution in [3.8, 4) is 5.75 Å². The Balaban J connectivity index is 1.49. The largest absolute Gasteiger partial charge is 0.495 e. The third-order valence-electron chi connectivity index (χ3n) is 4.59. The minimum Gasteiger partial charge on any atom is -0.495 e. The summed E-state index contributed by atoms with van der Waals surface area (Å²) in [4.78, 5) is 44.0. The van der Waals surface area contributed by atoms with Gasteiger partial charge in [-0.3, -0.25) is 19.4 Å². The lowest BCUT2D eigenvalue weighted by Gasteiger charge is -2.36. The van der Waals surface area contributed by atoms with E-state index in [1.165, 1.54) is 18.5 Å². The molecule has 0 aliphatic carbocycles. The lowest BCUT2D eigenvalue weighted by Crippen LogP contribution is -2.51. The van der Waals surface area contributed by atoms with Gasteiger partial charge in [0.15, 0.2) is 0 Å². The SMILES string of the molecule is COc1ccccc1N1CCN(C(=O)CNC(=O)C(=O)c2cccnc2)CC1. The Labute approximate surface area is 163 Å². The summed E-state index contributed by atoms with van der Waals surface area (Å²) in [6, 6.07) is 10.8. The van der Waals surface area contributed by atoms with Gasteiger partial charge in [0.25, 0.3) is 11.7 Å². The topological polar surface area (TPSA) is 91.8 Å². The number of hydrogen-bond donors (Lipinski definition) is 1. The Hall–Kier alpha value is -3.42. The molecule has 2 aromatic rings. The van der Waals surface area contributed by atoms with Gasteiger partial charge in [0.05, 0.1) is 19.3 Å². The monoisotopic (exact) mass is 382 g/mol. The van der Waals surface area contributed by atoms with Crippen LogP contribution in [0.25, 0.3) is 0 Å². The third kappa shape index (κ3) is 4.46. The fourth-order valence-electron chi connectivity index (χ4n) is 3.06. The lowest BCUT2D eigenvalue weighted by atomic mass is 10.2. The molecule has 146 valence electrons. The first kappa shape index (κ1) is 19.3. The van der Waals surface area contributed by atoms with E-state index >= 15 is 0 Å². The van der Waals surface area contributed by atoms with Gasteiger partial charge in [-0.15, -0.1) is 0 Å². The molecule has 0 atom stereocenters. The van der Waals surface area contributed by atoms with E-state index in [1.54, 1.807) is 18.1 Å². The molecule has 1 fully saturated rings.